The number of allylic oxidation sites excluding steroid dienone is 1. The summed E-state index contributed by atoms with van der Waals surface area (Å²) in [5.41, 5.74) is 1.39. The monoisotopic (exact) mass is 717 g/mol. The van der Waals surface area contributed by atoms with Gasteiger partial charge in [-0.2, -0.15) is 0 Å². The molecule has 5 aliphatic rings. The Balaban J connectivity index is 1.27. The highest BCUT2D eigenvalue weighted by atomic mass is 16.5. The molecule has 1 aromatic rings. The number of carboxylic acid groups (broad SMARTS) is 1. The summed E-state index contributed by atoms with van der Waals surface area (Å²) in [4.78, 5) is 37.9. The smallest absolute Gasteiger partial charge is 0.309 e. The Kier molecular flexibility index (Phi) is 9.74. The van der Waals surface area contributed by atoms with Gasteiger partial charge in [0.05, 0.1) is 17.4 Å². The summed E-state index contributed by atoms with van der Waals surface area (Å²) in [5, 5.41) is 25.0. The third-order valence-corrected chi connectivity index (χ3v) is 16.3. The summed E-state index contributed by atoms with van der Waals surface area (Å²) in [7, 11) is 0. The van der Waals surface area contributed by atoms with Crippen LogP contribution in [0.1, 0.15) is 150 Å². The summed E-state index contributed by atoms with van der Waals surface area (Å²) in [6.45, 7) is 22.6. The molecule has 288 valence electrons. The van der Waals surface area contributed by atoms with E-state index in [4.69, 9.17) is 4.74 Å². The summed E-state index contributed by atoms with van der Waals surface area (Å²) in [5.74, 6) is 0.132. The van der Waals surface area contributed by atoms with Gasteiger partial charge in [0.1, 0.15) is 6.10 Å². The summed E-state index contributed by atoms with van der Waals surface area (Å²) < 4.78 is 6.18. The predicted octanol–water partition coefficient (Wildman–Crippen LogP) is 9.38. The van der Waals surface area contributed by atoms with Crippen molar-refractivity contribution < 1.29 is 29.3 Å². The molecular formula is C45H67NO6. The number of benzene rings is 1. The number of aliphatic hydroxyl groups is 1. The fourth-order valence-electron chi connectivity index (χ4n) is 13.8. The topological polar surface area (TPSA) is 113 Å². The minimum Gasteiger partial charge on any atom is -0.481 e. The fourth-order valence-corrected chi connectivity index (χ4v) is 13.8. The zero-order chi connectivity index (χ0) is 38.3. The van der Waals surface area contributed by atoms with E-state index in [0.717, 1.165) is 64.2 Å². The molecule has 4 fully saturated rings. The van der Waals surface area contributed by atoms with Crippen molar-refractivity contribution in [1.82, 2.24) is 5.32 Å². The first-order valence-corrected chi connectivity index (χ1v) is 20.3. The third kappa shape index (κ3) is 5.98. The minimum absolute atomic E-state index is 0.0356. The van der Waals surface area contributed by atoms with Gasteiger partial charge in [-0.15, -0.1) is 0 Å². The lowest BCUT2D eigenvalue weighted by Gasteiger charge is -2.72. The molecule has 1 amide bonds. The van der Waals surface area contributed by atoms with Gasteiger partial charge < -0.3 is 20.3 Å². The van der Waals surface area contributed by atoms with E-state index in [9.17, 15) is 24.6 Å². The van der Waals surface area contributed by atoms with Crippen molar-refractivity contribution in [3.8, 4) is 0 Å². The van der Waals surface area contributed by atoms with Crippen molar-refractivity contribution in [2.75, 3.05) is 6.54 Å². The van der Waals surface area contributed by atoms with E-state index in [0.29, 0.717) is 29.9 Å². The number of carboxylic acids is 1. The van der Waals surface area contributed by atoms with Gasteiger partial charge in [-0.3, -0.25) is 14.4 Å². The number of ether oxygens (including phenoxy) is 1. The molecule has 3 N–H and O–H groups in total. The first-order valence-electron chi connectivity index (χ1n) is 20.3. The first-order chi connectivity index (χ1) is 24.1. The van der Waals surface area contributed by atoms with E-state index in [1.165, 1.54) is 11.1 Å². The SMILES string of the molecule is CC(C)C1=C2[C@H]3CC[C@@H]4[C@@]5(C)CC[C@H](OC(=O)CC(C)(C)C(=O)O)C(C)(C)[C@@H]5CC[C@@]4(C)[C@]3(C)CC[C@@]2(CCNC(=O)c2ccccc2)CC1(C)O. The highest BCUT2D eigenvalue weighted by molar-refractivity contribution is 5.94. The number of amides is 1. The molecular weight excluding hydrogens is 650 g/mol. The van der Waals surface area contributed by atoms with Crippen LogP contribution in [0.4, 0.5) is 0 Å². The molecule has 0 aliphatic heterocycles. The van der Waals surface area contributed by atoms with Gasteiger partial charge in [-0.25, -0.2) is 0 Å². The number of rotatable bonds is 9. The molecule has 7 nitrogen and oxygen atoms in total. The van der Waals surface area contributed by atoms with Crippen LogP contribution in [0, 0.1) is 56.2 Å². The Morgan fingerprint density at radius 2 is 1.56 bits per heavy atom. The van der Waals surface area contributed by atoms with E-state index in [1.54, 1.807) is 13.8 Å². The molecule has 0 radical (unpaired) electrons. The summed E-state index contributed by atoms with van der Waals surface area (Å²) in [6.07, 6.45) is 9.64. The zero-order valence-electron chi connectivity index (χ0n) is 33.8. The highest BCUT2D eigenvalue weighted by Crippen LogP contribution is 2.77. The fraction of sp³-hybridized carbons (Fsp3) is 0.756. The number of aliphatic carboxylic acids is 1. The molecule has 6 rings (SSSR count). The average molecular weight is 718 g/mol. The molecule has 5 aliphatic carbocycles. The second-order valence-electron chi connectivity index (χ2n) is 20.4. The molecule has 9 atom stereocenters. The Bertz CT molecular complexity index is 1610. The van der Waals surface area contributed by atoms with Crippen LogP contribution in [0.15, 0.2) is 41.5 Å². The summed E-state index contributed by atoms with van der Waals surface area (Å²) in [6, 6.07) is 9.45. The van der Waals surface area contributed by atoms with E-state index >= 15 is 0 Å². The highest BCUT2D eigenvalue weighted by Gasteiger charge is 2.70. The lowest BCUT2D eigenvalue weighted by Crippen LogP contribution is -2.65. The maximum atomic E-state index is 13.1. The van der Waals surface area contributed by atoms with Crippen LogP contribution in [0.5, 0.6) is 0 Å². The van der Waals surface area contributed by atoms with Crippen molar-refractivity contribution in [2.24, 2.45) is 56.2 Å². The zero-order valence-corrected chi connectivity index (χ0v) is 33.8. The van der Waals surface area contributed by atoms with Crippen molar-refractivity contribution in [2.45, 2.75) is 152 Å². The number of fused-ring (bicyclic) bond motifs is 7. The summed E-state index contributed by atoms with van der Waals surface area (Å²) >= 11 is 0. The lowest BCUT2D eigenvalue weighted by molar-refractivity contribution is -0.233. The van der Waals surface area contributed by atoms with Gasteiger partial charge in [-0.05, 0) is 148 Å². The van der Waals surface area contributed by atoms with Crippen LogP contribution in [0.2, 0.25) is 0 Å². The van der Waals surface area contributed by atoms with Gasteiger partial charge in [0.15, 0.2) is 0 Å². The van der Waals surface area contributed by atoms with Crippen LogP contribution in [0.25, 0.3) is 0 Å². The molecule has 1 unspecified atom stereocenters. The maximum Gasteiger partial charge on any atom is 0.309 e. The predicted molar refractivity (Wildman–Crippen MR) is 204 cm³/mol. The Morgan fingerprint density at radius 3 is 2.19 bits per heavy atom. The molecule has 0 bridgehead atoms. The van der Waals surface area contributed by atoms with Gasteiger partial charge in [0, 0.05) is 17.5 Å². The molecule has 0 saturated heterocycles. The number of carbonyl (C=O) groups is 3. The van der Waals surface area contributed by atoms with E-state index in [1.807, 2.05) is 37.3 Å². The van der Waals surface area contributed by atoms with Crippen LogP contribution < -0.4 is 5.32 Å². The van der Waals surface area contributed by atoms with Crippen molar-refractivity contribution >= 4 is 17.8 Å². The van der Waals surface area contributed by atoms with E-state index in [-0.39, 0.29) is 51.4 Å². The number of esters is 1. The standard InChI is InChI=1S/C45H67NO6/c1-28(2)35-36-30-16-17-32-41(7)20-19-33(52-34(47)26-39(3,4)38(49)50)40(5,6)31(41)18-21-43(32,9)42(30,8)22-23-45(36,27-44(35,10)51)24-25-46-37(48)29-14-12-11-13-15-29/h11-15,28,30-33,51H,16-27H2,1-10H3,(H,46,48)(H,49,50)/t30-,31+,32-,33+,41+,42-,43-,44?,45-/m1/s1. The van der Waals surface area contributed by atoms with Crippen LogP contribution in [0.3, 0.4) is 0 Å². The van der Waals surface area contributed by atoms with E-state index < -0.39 is 23.0 Å². The van der Waals surface area contributed by atoms with Crippen LogP contribution in [-0.2, 0) is 14.3 Å². The van der Waals surface area contributed by atoms with Crippen molar-refractivity contribution in [3.63, 3.8) is 0 Å². The molecule has 7 heteroatoms. The van der Waals surface area contributed by atoms with Gasteiger partial charge in [0.2, 0.25) is 0 Å². The number of hydrogen-bond donors (Lipinski definition) is 3. The maximum absolute atomic E-state index is 13.1. The quantitative estimate of drug-likeness (QED) is 0.173. The van der Waals surface area contributed by atoms with Gasteiger partial charge >= 0.3 is 11.9 Å². The number of nitrogens with one attached hydrogen (secondary N) is 1. The lowest BCUT2D eigenvalue weighted by atomic mass is 9.33. The largest absolute Gasteiger partial charge is 0.481 e. The molecule has 0 aromatic heterocycles. The number of hydrogen-bond acceptors (Lipinski definition) is 5. The molecule has 52 heavy (non-hydrogen) atoms. The van der Waals surface area contributed by atoms with Crippen molar-refractivity contribution in [3.05, 3.63) is 47.0 Å². The van der Waals surface area contributed by atoms with Crippen molar-refractivity contribution in [1.29, 1.82) is 0 Å². The first kappa shape index (κ1) is 39.0. The van der Waals surface area contributed by atoms with Crippen LogP contribution in [-0.4, -0.2) is 46.3 Å². The second-order valence-corrected chi connectivity index (χ2v) is 20.4. The Labute approximate surface area is 313 Å². The molecule has 0 spiro atoms. The molecule has 1 aromatic carbocycles. The Hall–Kier alpha value is -2.67. The van der Waals surface area contributed by atoms with E-state index in [2.05, 4.69) is 53.8 Å². The Morgan fingerprint density at radius 1 is 0.885 bits per heavy atom. The van der Waals surface area contributed by atoms with Crippen LogP contribution >= 0.6 is 0 Å². The van der Waals surface area contributed by atoms with Gasteiger partial charge in [0.25, 0.3) is 5.91 Å². The normalized spacial score (nSPS) is 39.5. The average Bonchev–Trinajstić information content (AvgIpc) is 3.29. The minimum atomic E-state index is -1.16. The van der Waals surface area contributed by atoms with Gasteiger partial charge in [-0.1, -0.05) is 72.2 Å². The molecule has 0 heterocycles. The number of carbonyl (C=O) groups excluding carboxylic acids is 2. The molecule has 4 saturated carbocycles. The third-order valence-electron chi connectivity index (χ3n) is 16.3. The second kappa shape index (κ2) is 13.0.